The molecule has 4 nitrogen and oxygen atoms in total. The summed E-state index contributed by atoms with van der Waals surface area (Å²) >= 11 is 0. The molecule has 4 heteroatoms. The highest BCUT2D eigenvalue weighted by atomic mass is 17.4. The van der Waals surface area contributed by atoms with Crippen molar-refractivity contribution in [2.45, 2.75) is 83.3 Å². The first kappa shape index (κ1) is 19.9. The average Bonchev–Trinajstić information content (AvgIpc) is 3.35. The van der Waals surface area contributed by atoms with Crippen LogP contribution in [0.3, 0.4) is 0 Å². The van der Waals surface area contributed by atoms with Gasteiger partial charge in [0.1, 0.15) is 0 Å². The molecular formula is C19H32O4. The molecule has 0 saturated carbocycles. The van der Waals surface area contributed by atoms with Gasteiger partial charge in [-0.25, -0.2) is 4.79 Å². The smallest absolute Gasteiger partial charge is 0.372 e. The van der Waals surface area contributed by atoms with Crippen molar-refractivity contribution in [2.75, 3.05) is 7.11 Å². The molecule has 0 aliphatic carbocycles. The van der Waals surface area contributed by atoms with Gasteiger partial charge in [0.25, 0.3) is 0 Å². The Hall–Kier alpha value is -1.13. The lowest BCUT2D eigenvalue weighted by Crippen LogP contribution is -2.25. The number of ether oxygens (including phenoxy) is 1. The number of methoxy groups -OCH3 is 1. The molecule has 0 unspecified atom stereocenters. The largest absolute Gasteiger partial charge is 0.465 e. The van der Waals surface area contributed by atoms with Crippen LogP contribution in [0.5, 0.6) is 0 Å². The Morgan fingerprint density at radius 3 is 2.00 bits per heavy atom. The standard InChI is InChI=1S/C19H32O4/c1-3-4-5-6-7-8-9-10-11-12-13-14-15-16-17-19(22-23-19)18(20)21-2/h8-11H,3-7,12-17H2,1-2H3/b9-8+,11-10+. The SMILES string of the molecule is CCCCCC/C=C/C=C/CCCCCCC1(C(=O)OC)OO1. The molecule has 1 fully saturated rings. The lowest BCUT2D eigenvalue weighted by Gasteiger charge is -2.04. The summed E-state index contributed by atoms with van der Waals surface area (Å²) in [5, 5.41) is 0. The molecule has 1 saturated heterocycles. The number of rotatable bonds is 14. The van der Waals surface area contributed by atoms with E-state index in [1.54, 1.807) is 0 Å². The topological polar surface area (TPSA) is 51.4 Å². The first-order valence-electron chi connectivity index (χ1n) is 9.02. The van der Waals surface area contributed by atoms with Crippen LogP contribution in [0.25, 0.3) is 0 Å². The summed E-state index contributed by atoms with van der Waals surface area (Å²) in [5.74, 6) is -1.52. The lowest BCUT2D eigenvalue weighted by atomic mass is 10.1. The van der Waals surface area contributed by atoms with Crippen LogP contribution < -0.4 is 0 Å². The molecule has 1 aliphatic rings. The molecule has 0 N–H and O–H groups in total. The zero-order chi connectivity index (χ0) is 16.8. The Balaban J connectivity index is 1.89. The Morgan fingerprint density at radius 1 is 0.913 bits per heavy atom. The minimum atomic E-state index is -1.09. The second-order valence-electron chi connectivity index (χ2n) is 6.07. The first-order valence-corrected chi connectivity index (χ1v) is 9.02. The molecule has 0 atom stereocenters. The van der Waals surface area contributed by atoms with E-state index in [2.05, 4.69) is 36.0 Å². The summed E-state index contributed by atoms with van der Waals surface area (Å²) in [6.45, 7) is 2.24. The van der Waals surface area contributed by atoms with Crippen molar-refractivity contribution in [3.05, 3.63) is 24.3 Å². The lowest BCUT2D eigenvalue weighted by molar-refractivity contribution is -0.148. The van der Waals surface area contributed by atoms with E-state index in [1.165, 1.54) is 45.6 Å². The van der Waals surface area contributed by atoms with Gasteiger partial charge in [-0.2, -0.15) is 9.78 Å². The number of hydrogen-bond donors (Lipinski definition) is 0. The van der Waals surface area contributed by atoms with Gasteiger partial charge in [0.05, 0.1) is 7.11 Å². The van der Waals surface area contributed by atoms with Crippen LogP contribution in [-0.2, 0) is 19.3 Å². The number of allylic oxidation sites excluding steroid dienone is 4. The van der Waals surface area contributed by atoms with Crippen LogP contribution in [0.1, 0.15) is 77.6 Å². The van der Waals surface area contributed by atoms with Crippen LogP contribution in [0.15, 0.2) is 24.3 Å². The van der Waals surface area contributed by atoms with Gasteiger partial charge in [0.2, 0.25) is 0 Å². The summed E-state index contributed by atoms with van der Waals surface area (Å²) in [4.78, 5) is 20.9. The van der Waals surface area contributed by atoms with Crippen molar-refractivity contribution in [1.82, 2.24) is 0 Å². The molecular weight excluding hydrogens is 292 g/mol. The quantitative estimate of drug-likeness (QED) is 0.144. The van der Waals surface area contributed by atoms with E-state index in [4.69, 9.17) is 9.78 Å². The third kappa shape index (κ3) is 8.92. The number of esters is 1. The Labute approximate surface area is 140 Å². The van der Waals surface area contributed by atoms with Gasteiger partial charge >= 0.3 is 11.8 Å². The van der Waals surface area contributed by atoms with Crippen molar-refractivity contribution in [3.63, 3.8) is 0 Å². The zero-order valence-electron chi connectivity index (χ0n) is 14.7. The van der Waals surface area contributed by atoms with Crippen molar-refractivity contribution < 1.29 is 19.3 Å². The third-order valence-electron chi connectivity index (χ3n) is 4.02. The van der Waals surface area contributed by atoms with Crippen LogP contribution in [0.2, 0.25) is 0 Å². The van der Waals surface area contributed by atoms with E-state index in [-0.39, 0.29) is 0 Å². The summed E-state index contributed by atoms with van der Waals surface area (Å²) in [6, 6.07) is 0. The summed E-state index contributed by atoms with van der Waals surface area (Å²) in [5.41, 5.74) is 0. The Bertz CT molecular complexity index is 370. The maximum Gasteiger partial charge on any atom is 0.372 e. The van der Waals surface area contributed by atoms with Gasteiger partial charge in [-0.3, -0.25) is 0 Å². The number of hydrogen-bond acceptors (Lipinski definition) is 4. The maximum atomic E-state index is 11.4. The predicted molar refractivity (Wildman–Crippen MR) is 91.7 cm³/mol. The summed E-state index contributed by atoms with van der Waals surface area (Å²) in [7, 11) is 1.35. The highest BCUT2D eigenvalue weighted by Crippen LogP contribution is 2.36. The Kier molecular flexibility index (Phi) is 10.7. The monoisotopic (exact) mass is 324 g/mol. The van der Waals surface area contributed by atoms with E-state index in [1.807, 2.05) is 0 Å². The van der Waals surface area contributed by atoms with Gasteiger partial charge in [-0.15, -0.1) is 0 Å². The van der Waals surface area contributed by atoms with Gasteiger partial charge in [-0.05, 0) is 32.1 Å². The molecule has 0 aromatic rings. The summed E-state index contributed by atoms with van der Waals surface area (Å²) in [6.07, 6.45) is 21.3. The highest BCUT2D eigenvalue weighted by molar-refractivity contribution is 5.78. The molecule has 0 radical (unpaired) electrons. The Morgan fingerprint density at radius 2 is 1.48 bits per heavy atom. The molecule has 1 rings (SSSR count). The fourth-order valence-electron chi connectivity index (χ4n) is 2.47. The van der Waals surface area contributed by atoms with Crippen molar-refractivity contribution in [3.8, 4) is 0 Å². The molecule has 0 aromatic heterocycles. The van der Waals surface area contributed by atoms with Crippen molar-refractivity contribution in [2.24, 2.45) is 0 Å². The fraction of sp³-hybridized carbons (Fsp3) is 0.737. The normalized spacial score (nSPS) is 16.3. The van der Waals surface area contributed by atoms with E-state index in [9.17, 15) is 4.79 Å². The van der Waals surface area contributed by atoms with E-state index < -0.39 is 11.8 Å². The predicted octanol–water partition coefficient (Wildman–Crippen LogP) is 5.24. The van der Waals surface area contributed by atoms with Crippen LogP contribution >= 0.6 is 0 Å². The van der Waals surface area contributed by atoms with E-state index >= 15 is 0 Å². The van der Waals surface area contributed by atoms with E-state index in [0.29, 0.717) is 6.42 Å². The summed E-state index contributed by atoms with van der Waals surface area (Å²) < 4.78 is 4.64. The second kappa shape index (κ2) is 12.3. The molecule has 1 aliphatic heterocycles. The van der Waals surface area contributed by atoms with Crippen molar-refractivity contribution >= 4 is 5.97 Å². The van der Waals surface area contributed by atoms with Crippen LogP contribution in [0.4, 0.5) is 0 Å². The average molecular weight is 324 g/mol. The van der Waals surface area contributed by atoms with Gasteiger partial charge in [-0.1, -0.05) is 63.3 Å². The highest BCUT2D eigenvalue weighted by Gasteiger charge is 2.57. The maximum absolute atomic E-state index is 11.4. The van der Waals surface area contributed by atoms with Crippen LogP contribution in [-0.4, -0.2) is 18.9 Å². The molecule has 1 heterocycles. The van der Waals surface area contributed by atoms with Gasteiger partial charge in [0.15, 0.2) is 0 Å². The first-order chi connectivity index (χ1) is 11.2. The van der Waals surface area contributed by atoms with Gasteiger partial charge in [0, 0.05) is 6.42 Å². The van der Waals surface area contributed by atoms with Gasteiger partial charge < -0.3 is 4.74 Å². The molecule has 132 valence electrons. The van der Waals surface area contributed by atoms with Crippen molar-refractivity contribution in [1.29, 1.82) is 0 Å². The van der Waals surface area contributed by atoms with Crippen LogP contribution in [0, 0.1) is 0 Å². The number of carbonyl (C=O) groups is 1. The number of carbonyl (C=O) groups excluding carboxylic acids is 1. The molecule has 0 spiro atoms. The zero-order valence-corrected chi connectivity index (χ0v) is 14.7. The third-order valence-corrected chi connectivity index (χ3v) is 4.02. The molecule has 23 heavy (non-hydrogen) atoms. The molecule has 0 aromatic carbocycles. The minimum absolute atomic E-state index is 0.429. The minimum Gasteiger partial charge on any atom is -0.465 e. The second-order valence-corrected chi connectivity index (χ2v) is 6.07. The fourth-order valence-corrected chi connectivity index (χ4v) is 2.47. The molecule has 0 amide bonds. The number of unbranched alkanes of at least 4 members (excludes halogenated alkanes) is 8. The van der Waals surface area contributed by atoms with E-state index in [0.717, 1.165) is 25.7 Å². The molecule has 0 bridgehead atoms.